The summed E-state index contributed by atoms with van der Waals surface area (Å²) in [5.41, 5.74) is 0. The van der Waals surface area contributed by atoms with Crippen molar-refractivity contribution in [2.45, 2.75) is 38.1 Å². The summed E-state index contributed by atoms with van der Waals surface area (Å²) in [7, 11) is 0. The van der Waals surface area contributed by atoms with Gasteiger partial charge in [0.25, 0.3) is 6.67 Å². The zero-order valence-electron chi connectivity index (χ0n) is 7.82. The Hall–Kier alpha value is -0.640. The van der Waals surface area contributed by atoms with Crippen LogP contribution in [0.3, 0.4) is 0 Å². The van der Waals surface area contributed by atoms with Crippen LogP contribution in [0.4, 0.5) is 0 Å². The molecule has 0 aromatic carbocycles. The second kappa shape index (κ2) is 3.62. The molecule has 13 heavy (non-hydrogen) atoms. The number of hydrogen-bond acceptors (Lipinski definition) is 3. The van der Waals surface area contributed by atoms with Crippen LogP contribution in [0.25, 0.3) is 0 Å². The highest BCUT2D eigenvalue weighted by molar-refractivity contribution is 4.87. The Morgan fingerprint density at radius 2 is 2.08 bits per heavy atom. The average molecular weight is 184 g/mol. The first-order chi connectivity index (χ1) is 6.27. The lowest BCUT2D eigenvalue weighted by atomic mass is 9.92. The maximum absolute atomic E-state index is 10.4. The number of hydrogen-bond donors (Lipinski definition) is 0. The van der Waals surface area contributed by atoms with Crippen molar-refractivity contribution in [2.24, 2.45) is 5.92 Å². The standard InChI is InChI=1S/C9H16N2O2/c12-11(13)7-10-6-2-4-8-3-1-5-9(8)10/h8-9H,1-7H2. The first-order valence-electron chi connectivity index (χ1n) is 5.13. The SMILES string of the molecule is O=[N+]([O-])CN1CCCC2CCCC21. The fraction of sp³-hybridized carbons (Fsp3) is 1.00. The highest BCUT2D eigenvalue weighted by atomic mass is 16.6. The summed E-state index contributed by atoms with van der Waals surface area (Å²) in [5.74, 6) is 0.758. The van der Waals surface area contributed by atoms with Gasteiger partial charge in [-0.25, -0.2) is 4.90 Å². The summed E-state index contributed by atoms with van der Waals surface area (Å²) in [4.78, 5) is 12.3. The zero-order valence-corrected chi connectivity index (χ0v) is 7.82. The second-order valence-electron chi connectivity index (χ2n) is 4.19. The van der Waals surface area contributed by atoms with Crippen molar-refractivity contribution in [1.82, 2.24) is 4.90 Å². The van der Waals surface area contributed by atoms with Crippen LogP contribution in [-0.4, -0.2) is 29.1 Å². The van der Waals surface area contributed by atoms with Crippen molar-refractivity contribution >= 4 is 0 Å². The minimum Gasteiger partial charge on any atom is -0.263 e. The first kappa shape index (κ1) is 8.94. The Morgan fingerprint density at radius 3 is 2.85 bits per heavy atom. The number of nitrogens with zero attached hydrogens (tertiary/aromatic N) is 2. The van der Waals surface area contributed by atoms with E-state index >= 15 is 0 Å². The molecule has 4 nitrogen and oxygen atoms in total. The molecule has 0 aromatic rings. The van der Waals surface area contributed by atoms with Gasteiger partial charge >= 0.3 is 0 Å². The Bertz CT molecular complexity index is 208. The lowest BCUT2D eigenvalue weighted by Gasteiger charge is -2.34. The van der Waals surface area contributed by atoms with Crippen LogP contribution in [0, 0.1) is 16.0 Å². The van der Waals surface area contributed by atoms with Crippen molar-refractivity contribution in [1.29, 1.82) is 0 Å². The molecule has 1 saturated carbocycles. The summed E-state index contributed by atoms with van der Waals surface area (Å²) in [6.45, 7) is 0.989. The van der Waals surface area contributed by atoms with Crippen LogP contribution in [0.15, 0.2) is 0 Å². The topological polar surface area (TPSA) is 46.4 Å². The molecule has 74 valence electrons. The van der Waals surface area contributed by atoms with Gasteiger partial charge < -0.3 is 0 Å². The van der Waals surface area contributed by atoms with Crippen LogP contribution in [0.2, 0.25) is 0 Å². The molecule has 1 aliphatic carbocycles. The monoisotopic (exact) mass is 184 g/mol. The molecule has 1 heterocycles. The molecule has 1 aliphatic heterocycles. The van der Waals surface area contributed by atoms with E-state index in [1.54, 1.807) is 0 Å². The van der Waals surface area contributed by atoms with Crippen LogP contribution < -0.4 is 0 Å². The van der Waals surface area contributed by atoms with Gasteiger partial charge in [-0.3, -0.25) is 10.1 Å². The van der Waals surface area contributed by atoms with Gasteiger partial charge in [0.15, 0.2) is 0 Å². The number of fused-ring (bicyclic) bond motifs is 1. The Kier molecular flexibility index (Phi) is 2.49. The predicted molar refractivity (Wildman–Crippen MR) is 48.9 cm³/mol. The van der Waals surface area contributed by atoms with E-state index in [1.165, 1.54) is 25.7 Å². The summed E-state index contributed by atoms with van der Waals surface area (Å²) in [5, 5.41) is 10.4. The molecule has 2 aliphatic rings. The number of rotatable bonds is 2. The molecule has 2 fully saturated rings. The maximum Gasteiger partial charge on any atom is 0.259 e. The number of likely N-dealkylation sites (tertiary alicyclic amines) is 1. The van der Waals surface area contributed by atoms with Crippen molar-refractivity contribution in [3.63, 3.8) is 0 Å². The van der Waals surface area contributed by atoms with E-state index in [0.29, 0.717) is 6.04 Å². The minimum absolute atomic E-state index is 0.0567. The quantitative estimate of drug-likeness (QED) is 0.482. The van der Waals surface area contributed by atoms with Crippen molar-refractivity contribution in [3.05, 3.63) is 10.1 Å². The smallest absolute Gasteiger partial charge is 0.259 e. The van der Waals surface area contributed by atoms with E-state index in [-0.39, 0.29) is 11.6 Å². The van der Waals surface area contributed by atoms with Gasteiger partial charge in [0, 0.05) is 17.5 Å². The Balaban J connectivity index is 1.97. The van der Waals surface area contributed by atoms with E-state index in [2.05, 4.69) is 4.90 Å². The normalized spacial score (nSPS) is 34.5. The average Bonchev–Trinajstić information content (AvgIpc) is 2.51. The van der Waals surface area contributed by atoms with Crippen LogP contribution in [0.1, 0.15) is 32.1 Å². The fourth-order valence-electron chi connectivity index (χ4n) is 2.88. The molecule has 2 unspecified atom stereocenters. The number of nitro groups is 1. The molecule has 2 atom stereocenters. The minimum atomic E-state index is -0.194. The third-order valence-electron chi connectivity index (χ3n) is 3.41. The molecule has 1 saturated heterocycles. The van der Waals surface area contributed by atoms with Gasteiger partial charge in [-0.2, -0.15) is 0 Å². The van der Waals surface area contributed by atoms with E-state index in [1.807, 2.05) is 0 Å². The van der Waals surface area contributed by atoms with E-state index < -0.39 is 0 Å². The van der Waals surface area contributed by atoms with Crippen molar-refractivity contribution < 1.29 is 4.92 Å². The molecule has 0 N–H and O–H groups in total. The van der Waals surface area contributed by atoms with Gasteiger partial charge in [0.1, 0.15) is 0 Å². The summed E-state index contributed by atoms with van der Waals surface area (Å²) in [6, 6.07) is 0.527. The van der Waals surface area contributed by atoms with E-state index in [9.17, 15) is 10.1 Å². The van der Waals surface area contributed by atoms with Crippen molar-refractivity contribution in [2.75, 3.05) is 13.2 Å². The molecule has 0 amide bonds. The second-order valence-corrected chi connectivity index (χ2v) is 4.19. The van der Waals surface area contributed by atoms with Gasteiger partial charge in [-0.15, -0.1) is 0 Å². The number of piperidine rings is 1. The van der Waals surface area contributed by atoms with Crippen LogP contribution in [-0.2, 0) is 0 Å². The summed E-state index contributed by atoms with van der Waals surface area (Å²) >= 11 is 0. The molecule has 0 spiro atoms. The largest absolute Gasteiger partial charge is 0.263 e. The van der Waals surface area contributed by atoms with Crippen LogP contribution in [0.5, 0.6) is 0 Å². The molecule has 0 radical (unpaired) electrons. The zero-order chi connectivity index (χ0) is 9.26. The highest BCUT2D eigenvalue weighted by Crippen LogP contribution is 2.36. The Labute approximate surface area is 78.1 Å². The molecule has 4 heteroatoms. The molecular formula is C9H16N2O2. The molecule has 0 bridgehead atoms. The third-order valence-corrected chi connectivity index (χ3v) is 3.41. The van der Waals surface area contributed by atoms with Crippen molar-refractivity contribution in [3.8, 4) is 0 Å². The van der Waals surface area contributed by atoms with E-state index in [4.69, 9.17) is 0 Å². The van der Waals surface area contributed by atoms with Gasteiger partial charge in [-0.05, 0) is 31.6 Å². The molecular weight excluding hydrogens is 168 g/mol. The molecule has 0 aromatic heterocycles. The molecule has 2 rings (SSSR count). The van der Waals surface area contributed by atoms with Gasteiger partial charge in [0.2, 0.25) is 0 Å². The Morgan fingerprint density at radius 1 is 1.31 bits per heavy atom. The predicted octanol–water partition coefficient (Wildman–Crippen LogP) is 1.49. The maximum atomic E-state index is 10.4. The summed E-state index contributed by atoms with van der Waals surface area (Å²) < 4.78 is 0. The lowest BCUT2D eigenvalue weighted by Crippen LogP contribution is -2.44. The van der Waals surface area contributed by atoms with E-state index in [0.717, 1.165) is 18.9 Å². The van der Waals surface area contributed by atoms with Crippen LogP contribution >= 0.6 is 0 Å². The fourth-order valence-corrected chi connectivity index (χ4v) is 2.88. The third kappa shape index (κ3) is 1.82. The van der Waals surface area contributed by atoms with Gasteiger partial charge in [-0.1, -0.05) is 6.42 Å². The lowest BCUT2D eigenvalue weighted by molar-refractivity contribution is -0.507. The first-order valence-corrected chi connectivity index (χ1v) is 5.13. The summed E-state index contributed by atoms with van der Waals surface area (Å²) in [6.07, 6.45) is 6.18. The highest BCUT2D eigenvalue weighted by Gasteiger charge is 2.36. The van der Waals surface area contributed by atoms with Gasteiger partial charge in [0.05, 0.1) is 0 Å².